The van der Waals surface area contributed by atoms with Gasteiger partial charge in [-0.1, -0.05) is 17.7 Å². The van der Waals surface area contributed by atoms with Crippen molar-refractivity contribution in [2.45, 2.75) is 6.92 Å². The van der Waals surface area contributed by atoms with E-state index in [4.69, 9.17) is 21.1 Å². The third-order valence-corrected chi connectivity index (χ3v) is 2.60. The minimum atomic E-state index is -0.592. The average Bonchev–Trinajstić information content (AvgIpc) is 2.40. The third kappa shape index (κ3) is 5.90. The van der Waals surface area contributed by atoms with Gasteiger partial charge in [0.1, 0.15) is 5.75 Å². The predicted molar refractivity (Wildman–Crippen MR) is 75.1 cm³/mol. The first-order valence-corrected chi connectivity index (χ1v) is 6.36. The summed E-state index contributed by atoms with van der Waals surface area (Å²) in [5.74, 6) is -0.154. The number of urea groups is 1. The fourth-order valence-corrected chi connectivity index (χ4v) is 1.51. The molecule has 20 heavy (non-hydrogen) atoms. The van der Waals surface area contributed by atoms with Crippen molar-refractivity contribution < 1.29 is 19.1 Å². The van der Waals surface area contributed by atoms with E-state index in [1.807, 2.05) is 13.0 Å². The lowest BCUT2D eigenvalue weighted by atomic mass is 10.2. The number of aryl methyl sites for hydroxylation is 1. The molecule has 110 valence electrons. The Kier molecular flexibility index (Phi) is 6.83. The summed E-state index contributed by atoms with van der Waals surface area (Å²) in [6.45, 7) is 2.28. The van der Waals surface area contributed by atoms with Crippen LogP contribution in [0.25, 0.3) is 0 Å². The number of carbonyl (C=O) groups is 2. The standard InChI is InChI=1S/C13H17ClN2O4/c1-9-3-4-10(14)11(7-9)20-8-12(17)16-13(18)15-5-6-19-2/h3-4,7H,5-6,8H2,1-2H3,(H2,15,16,17,18). The summed E-state index contributed by atoms with van der Waals surface area (Å²) in [6.07, 6.45) is 0. The molecule has 1 rings (SSSR count). The molecular formula is C13H17ClN2O4. The minimum absolute atomic E-state index is 0.291. The summed E-state index contributed by atoms with van der Waals surface area (Å²) >= 11 is 5.92. The summed E-state index contributed by atoms with van der Waals surface area (Å²) in [5.41, 5.74) is 0.960. The van der Waals surface area contributed by atoms with Crippen LogP contribution in [0, 0.1) is 6.92 Å². The summed E-state index contributed by atoms with van der Waals surface area (Å²) < 4.78 is 10.0. The maximum absolute atomic E-state index is 11.5. The number of halogens is 1. The molecule has 0 unspecified atom stereocenters. The van der Waals surface area contributed by atoms with Gasteiger partial charge in [-0.3, -0.25) is 10.1 Å². The van der Waals surface area contributed by atoms with Gasteiger partial charge in [-0.2, -0.15) is 0 Å². The zero-order chi connectivity index (χ0) is 15.0. The van der Waals surface area contributed by atoms with Crippen LogP contribution >= 0.6 is 11.6 Å². The molecule has 0 saturated carbocycles. The van der Waals surface area contributed by atoms with Crippen LogP contribution in [0.1, 0.15) is 5.56 Å². The van der Waals surface area contributed by atoms with Crippen LogP contribution in [-0.2, 0) is 9.53 Å². The number of hydrogen-bond donors (Lipinski definition) is 2. The summed E-state index contributed by atoms with van der Waals surface area (Å²) in [4.78, 5) is 22.8. The largest absolute Gasteiger partial charge is 0.482 e. The van der Waals surface area contributed by atoms with Crippen LogP contribution in [-0.4, -0.2) is 38.8 Å². The van der Waals surface area contributed by atoms with Crippen LogP contribution in [0.15, 0.2) is 18.2 Å². The Labute approximate surface area is 122 Å². The Morgan fingerprint density at radius 2 is 2.10 bits per heavy atom. The highest BCUT2D eigenvalue weighted by atomic mass is 35.5. The second-order valence-corrected chi connectivity index (χ2v) is 4.43. The van der Waals surface area contributed by atoms with E-state index in [2.05, 4.69) is 10.6 Å². The van der Waals surface area contributed by atoms with Crippen LogP contribution in [0.4, 0.5) is 4.79 Å². The average molecular weight is 301 g/mol. The topological polar surface area (TPSA) is 76.7 Å². The number of nitrogens with one attached hydrogen (secondary N) is 2. The minimum Gasteiger partial charge on any atom is -0.482 e. The van der Waals surface area contributed by atoms with E-state index in [-0.39, 0.29) is 6.61 Å². The number of rotatable bonds is 6. The molecule has 0 spiro atoms. The molecule has 0 atom stereocenters. The number of methoxy groups -OCH3 is 1. The van der Waals surface area contributed by atoms with Crippen molar-refractivity contribution in [2.75, 3.05) is 26.9 Å². The van der Waals surface area contributed by atoms with Crippen molar-refractivity contribution in [3.8, 4) is 5.75 Å². The lowest BCUT2D eigenvalue weighted by molar-refractivity contribution is -0.122. The normalized spacial score (nSPS) is 9.95. The van der Waals surface area contributed by atoms with Crippen molar-refractivity contribution in [2.24, 2.45) is 0 Å². The number of amides is 3. The number of carbonyl (C=O) groups excluding carboxylic acids is 2. The van der Waals surface area contributed by atoms with E-state index in [1.54, 1.807) is 12.1 Å². The maximum Gasteiger partial charge on any atom is 0.321 e. The highest BCUT2D eigenvalue weighted by molar-refractivity contribution is 6.32. The smallest absolute Gasteiger partial charge is 0.321 e. The number of hydrogen-bond acceptors (Lipinski definition) is 4. The van der Waals surface area contributed by atoms with Gasteiger partial charge in [0.05, 0.1) is 11.6 Å². The van der Waals surface area contributed by atoms with Gasteiger partial charge in [0.15, 0.2) is 6.61 Å². The number of ether oxygens (including phenoxy) is 2. The molecule has 0 fully saturated rings. The van der Waals surface area contributed by atoms with Gasteiger partial charge in [-0.05, 0) is 24.6 Å². The predicted octanol–water partition coefficient (Wildman–Crippen LogP) is 1.50. The third-order valence-electron chi connectivity index (χ3n) is 2.29. The van der Waals surface area contributed by atoms with Crippen LogP contribution in [0.5, 0.6) is 5.75 Å². The first-order chi connectivity index (χ1) is 9.52. The van der Waals surface area contributed by atoms with E-state index in [0.717, 1.165) is 5.56 Å². The van der Waals surface area contributed by atoms with E-state index >= 15 is 0 Å². The SMILES string of the molecule is COCCNC(=O)NC(=O)COc1cc(C)ccc1Cl. The van der Waals surface area contributed by atoms with Crippen LogP contribution < -0.4 is 15.4 Å². The van der Waals surface area contributed by atoms with Crippen molar-refractivity contribution >= 4 is 23.5 Å². The van der Waals surface area contributed by atoms with Crippen LogP contribution in [0.3, 0.4) is 0 Å². The molecule has 1 aromatic rings. The molecule has 0 aliphatic rings. The first-order valence-electron chi connectivity index (χ1n) is 5.98. The Hall–Kier alpha value is -1.79. The maximum atomic E-state index is 11.5. The molecule has 0 aliphatic heterocycles. The van der Waals surface area contributed by atoms with Gasteiger partial charge in [0, 0.05) is 13.7 Å². The first kappa shape index (κ1) is 16.3. The van der Waals surface area contributed by atoms with Crippen molar-refractivity contribution in [3.63, 3.8) is 0 Å². The number of imide groups is 1. The Balaban J connectivity index is 2.36. The Morgan fingerprint density at radius 3 is 2.80 bits per heavy atom. The fourth-order valence-electron chi connectivity index (χ4n) is 1.34. The lowest BCUT2D eigenvalue weighted by Gasteiger charge is -2.09. The molecule has 0 heterocycles. The van der Waals surface area contributed by atoms with Gasteiger partial charge in [0.25, 0.3) is 5.91 Å². The molecule has 6 nitrogen and oxygen atoms in total. The van der Waals surface area contributed by atoms with Crippen LogP contribution in [0.2, 0.25) is 5.02 Å². The Morgan fingerprint density at radius 1 is 1.35 bits per heavy atom. The van der Waals surface area contributed by atoms with Gasteiger partial charge in [-0.25, -0.2) is 4.79 Å². The molecular weight excluding hydrogens is 284 g/mol. The zero-order valence-electron chi connectivity index (χ0n) is 11.4. The van der Waals surface area contributed by atoms with E-state index in [1.165, 1.54) is 7.11 Å². The molecule has 3 amide bonds. The monoisotopic (exact) mass is 300 g/mol. The molecule has 0 saturated heterocycles. The van der Waals surface area contributed by atoms with Gasteiger partial charge in [-0.15, -0.1) is 0 Å². The van der Waals surface area contributed by atoms with E-state index < -0.39 is 11.9 Å². The van der Waals surface area contributed by atoms with E-state index in [0.29, 0.717) is 23.9 Å². The fraction of sp³-hybridized carbons (Fsp3) is 0.385. The Bertz CT molecular complexity index is 479. The highest BCUT2D eigenvalue weighted by Gasteiger charge is 2.09. The summed E-state index contributed by atoms with van der Waals surface area (Å²) in [5, 5.41) is 5.00. The molecule has 2 N–H and O–H groups in total. The molecule has 0 aromatic heterocycles. The van der Waals surface area contributed by atoms with E-state index in [9.17, 15) is 9.59 Å². The number of benzene rings is 1. The highest BCUT2D eigenvalue weighted by Crippen LogP contribution is 2.24. The molecule has 7 heteroatoms. The summed E-state index contributed by atoms with van der Waals surface area (Å²) in [6, 6.07) is 4.64. The lowest BCUT2D eigenvalue weighted by Crippen LogP contribution is -2.42. The molecule has 0 radical (unpaired) electrons. The van der Waals surface area contributed by atoms with Crippen molar-refractivity contribution in [1.82, 2.24) is 10.6 Å². The molecule has 1 aromatic carbocycles. The summed E-state index contributed by atoms with van der Waals surface area (Å²) in [7, 11) is 1.52. The van der Waals surface area contributed by atoms with Gasteiger partial charge >= 0.3 is 6.03 Å². The van der Waals surface area contributed by atoms with Crippen molar-refractivity contribution in [1.29, 1.82) is 0 Å². The van der Waals surface area contributed by atoms with Gasteiger partial charge < -0.3 is 14.8 Å². The van der Waals surface area contributed by atoms with Gasteiger partial charge in [0.2, 0.25) is 0 Å². The molecule has 0 aliphatic carbocycles. The zero-order valence-corrected chi connectivity index (χ0v) is 12.1. The second kappa shape index (κ2) is 8.39. The van der Waals surface area contributed by atoms with Crippen molar-refractivity contribution in [3.05, 3.63) is 28.8 Å². The molecule has 0 bridgehead atoms. The second-order valence-electron chi connectivity index (χ2n) is 4.02. The quantitative estimate of drug-likeness (QED) is 0.781.